The van der Waals surface area contributed by atoms with Crippen LogP contribution in [0.25, 0.3) is 0 Å². The molecule has 1 saturated carbocycles. The van der Waals surface area contributed by atoms with Gasteiger partial charge in [-0.05, 0) is 62.0 Å². The van der Waals surface area contributed by atoms with E-state index in [1.807, 2.05) is 6.07 Å². The Bertz CT molecular complexity index is 544. The molecule has 2 aliphatic carbocycles. The lowest BCUT2D eigenvalue weighted by Crippen LogP contribution is -2.33. The number of hydrogen-bond acceptors (Lipinski definition) is 3. The molecule has 1 heterocycles. The molecule has 0 aromatic carbocycles. The van der Waals surface area contributed by atoms with Crippen molar-refractivity contribution in [2.45, 2.75) is 58.4 Å². The maximum atomic E-state index is 9.36. The van der Waals surface area contributed by atoms with Crippen LogP contribution < -0.4 is 5.32 Å². The number of anilines is 1. The maximum Gasteiger partial charge on any atom is 0.144 e. The topological polar surface area (TPSA) is 48.7 Å². The zero-order chi connectivity index (χ0) is 14.1. The molecule has 0 bridgehead atoms. The Labute approximate surface area is 121 Å². The lowest BCUT2D eigenvalue weighted by molar-refractivity contribution is 0.276. The highest BCUT2D eigenvalue weighted by Crippen LogP contribution is 2.32. The van der Waals surface area contributed by atoms with Crippen LogP contribution in [0.4, 0.5) is 5.82 Å². The standard InChI is InChI=1S/C17H23N3/c1-11-6-7-15(12(2)8-11)19-17-14(10-18)9-13-4-3-5-16(13)20-17/h9,11-12,15H,3-8H2,1-2H3,(H,19,20). The first-order valence-corrected chi connectivity index (χ1v) is 7.86. The van der Waals surface area contributed by atoms with Crippen molar-refractivity contribution in [2.75, 3.05) is 5.32 Å². The average molecular weight is 269 g/mol. The second-order valence-corrected chi connectivity index (χ2v) is 6.60. The third-order valence-corrected chi connectivity index (χ3v) is 4.92. The number of aromatic nitrogens is 1. The molecule has 0 spiro atoms. The van der Waals surface area contributed by atoms with Gasteiger partial charge in [0, 0.05) is 11.7 Å². The molecule has 106 valence electrons. The van der Waals surface area contributed by atoms with Gasteiger partial charge in [-0.1, -0.05) is 13.8 Å². The molecule has 1 N–H and O–H groups in total. The molecular weight excluding hydrogens is 246 g/mol. The maximum absolute atomic E-state index is 9.36. The number of rotatable bonds is 2. The van der Waals surface area contributed by atoms with Crippen molar-refractivity contribution >= 4 is 5.82 Å². The Morgan fingerprint density at radius 3 is 2.90 bits per heavy atom. The van der Waals surface area contributed by atoms with Crippen molar-refractivity contribution in [2.24, 2.45) is 11.8 Å². The van der Waals surface area contributed by atoms with E-state index in [-0.39, 0.29) is 0 Å². The van der Waals surface area contributed by atoms with Crippen LogP contribution in [0.15, 0.2) is 6.07 Å². The number of nitriles is 1. The van der Waals surface area contributed by atoms with Gasteiger partial charge in [-0.25, -0.2) is 4.98 Å². The van der Waals surface area contributed by atoms with Gasteiger partial charge in [0.05, 0.1) is 5.56 Å². The smallest absolute Gasteiger partial charge is 0.144 e. The number of fused-ring (bicyclic) bond motifs is 1. The number of hydrogen-bond donors (Lipinski definition) is 1. The van der Waals surface area contributed by atoms with E-state index >= 15 is 0 Å². The van der Waals surface area contributed by atoms with Gasteiger partial charge in [-0.2, -0.15) is 5.26 Å². The lowest BCUT2D eigenvalue weighted by Gasteiger charge is -2.33. The Kier molecular flexibility index (Phi) is 3.65. The Morgan fingerprint density at radius 1 is 1.30 bits per heavy atom. The van der Waals surface area contributed by atoms with Gasteiger partial charge in [-0.15, -0.1) is 0 Å². The zero-order valence-electron chi connectivity index (χ0n) is 12.4. The van der Waals surface area contributed by atoms with Crippen LogP contribution in [0.3, 0.4) is 0 Å². The van der Waals surface area contributed by atoms with E-state index in [0.29, 0.717) is 12.0 Å². The van der Waals surface area contributed by atoms with Gasteiger partial charge in [0.15, 0.2) is 0 Å². The Morgan fingerprint density at radius 2 is 2.15 bits per heavy atom. The van der Waals surface area contributed by atoms with E-state index in [1.165, 1.54) is 36.9 Å². The number of nitrogens with one attached hydrogen (secondary N) is 1. The van der Waals surface area contributed by atoms with Crippen molar-refractivity contribution < 1.29 is 0 Å². The molecule has 0 saturated heterocycles. The summed E-state index contributed by atoms with van der Waals surface area (Å²) in [6.45, 7) is 4.65. The SMILES string of the molecule is CC1CCC(Nc2nc3c(cc2C#N)CCC3)C(C)C1. The largest absolute Gasteiger partial charge is 0.366 e. The van der Waals surface area contributed by atoms with Crippen molar-refractivity contribution in [3.05, 3.63) is 22.9 Å². The predicted molar refractivity (Wildman–Crippen MR) is 80.6 cm³/mol. The molecule has 0 radical (unpaired) electrons. The summed E-state index contributed by atoms with van der Waals surface area (Å²) in [7, 11) is 0. The van der Waals surface area contributed by atoms with E-state index in [9.17, 15) is 5.26 Å². The molecule has 1 fully saturated rings. The monoisotopic (exact) mass is 269 g/mol. The summed E-state index contributed by atoms with van der Waals surface area (Å²) in [5.41, 5.74) is 3.19. The first-order chi connectivity index (χ1) is 9.67. The van der Waals surface area contributed by atoms with Gasteiger partial charge in [0.2, 0.25) is 0 Å². The van der Waals surface area contributed by atoms with Crippen LogP contribution in [0.1, 0.15) is 56.4 Å². The van der Waals surface area contributed by atoms with Gasteiger partial charge in [-0.3, -0.25) is 0 Å². The molecule has 0 aliphatic heterocycles. The molecule has 20 heavy (non-hydrogen) atoms. The third kappa shape index (κ3) is 2.52. The molecule has 3 rings (SSSR count). The molecule has 2 aliphatic rings. The summed E-state index contributed by atoms with van der Waals surface area (Å²) in [5.74, 6) is 2.30. The van der Waals surface area contributed by atoms with Crippen LogP contribution in [0.5, 0.6) is 0 Å². The fraction of sp³-hybridized carbons (Fsp3) is 0.647. The highest BCUT2D eigenvalue weighted by molar-refractivity contribution is 5.55. The third-order valence-electron chi connectivity index (χ3n) is 4.92. The first-order valence-electron chi connectivity index (χ1n) is 7.86. The minimum Gasteiger partial charge on any atom is -0.366 e. The van der Waals surface area contributed by atoms with E-state index in [0.717, 1.165) is 30.1 Å². The predicted octanol–water partition coefficient (Wildman–Crippen LogP) is 3.68. The summed E-state index contributed by atoms with van der Waals surface area (Å²) >= 11 is 0. The second kappa shape index (κ2) is 5.44. The highest BCUT2D eigenvalue weighted by atomic mass is 15.0. The van der Waals surface area contributed by atoms with Crippen LogP contribution in [0, 0.1) is 23.2 Å². The highest BCUT2D eigenvalue weighted by Gasteiger charge is 2.26. The lowest BCUT2D eigenvalue weighted by atomic mass is 9.80. The van der Waals surface area contributed by atoms with Gasteiger partial charge in [0.25, 0.3) is 0 Å². The first kappa shape index (κ1) is 13.4. The van der Waals surface area contributed by atoms with Crippen LogP contribution in [-0.2, 0) is 12.8 Å². The van der Waals surface area contributed by atoms with E-state index in [1.54, 1.807) is 0 Å². The quantitative estimate of drug-likeness (QED) is 0.891. The van der Waals surface area contributed by atoms with Crippen molar-refractivity contribution in [3.8, 4) is 6.07 Å². The molecule has 3 heteroatoms. The summed E-state index contributed by atoms with van der Waals surface area (Å²) in [5, 5.41) is 12.9. The number of aryl methyl sites for hydroxylation is 2. The van der Waals surface area contributed by atoms with Gasteiger partial charge >= 0.3 is 0 Å². The van der Waals surface area contributed by atoms with Crippen molar-refractivity contribution in [1.82, 2.24) is 4.98 Å². The van der Waals surface area contributed by atoms with Crippen LogP contribution in [0.2, 0.25) is 0 Å². The summed E-state index contributed by atoms with van der Waals surface area (Å²) in [6, 6.07) is 4.83. The molecule has 3 nitrogen and oxygen atoms in total. The summed E-state index contributed by atoms with van der Waals surface area (Å²) in [6.07, 6.45) is 7.04. The fourth-order valence-corrected chi connectivity index (χ4v) is 3.72. The van der Waals surface area contributed by atoms with Gasteiger partial charge in [0.1, 0.15) is 11.9 Å². The van der Waals surface area contributed by atoms with Gasteiger partial charge < -0.3 is 5.32 Å². The summed E-state index contributed by atoms with van der Waals surface area (Å²) in [4.78, 5) is 4.74. The number of pyridine rings is 1. The minimum atomic E-state index is 0.463. The molecule has 3 atom stereocenters. The average Bonchev–Trinajstić information content (AvgIpc) is 2.88. The summed E-state index contributed by atoms with van der Waals surface area (Å²) < 4.78 is 0. The van der Waals surface area contributed by atoms with E-state index in [4.69, 9.17) is 4.98 Å². The van der Waals surface area contributed by atoms with Crippen molar-refractivity contribution in [1.29, 1.82) is 5.26 Å². The fourth-order valence-electron chi connectivity index (χ4n) is 3.72. The Balaban J connectivity index is 1.82. The molecular formula is C17H23N3. The zero-order valence-corrected chi connectivity index (χ0v) is 12.4. The second-order valence-electron chi connectivity index (χ2n) is 6.60. The molecule has 1 aromatic heterocycles. The molecule has 1 aromatic rings. The van der Waals surface area contributed by atoms with Crippen molar-refractivity contribution in [3.63, 3.8) is 0 Å². The molecule has 0 amide bonds. The van der Waals surface area contributed by atoms with Crippen LogP contribution >= 0.6 is 0 Å². The normalized spacial score (nSPS) is 28.8. The van der Waals surface area contributed by atoms with E-state index in [2.05, 4.69) is 25.2 Å². The van der Waals surface area contributed by atoms with Crippen LogP contribution in [-0.4, -0.2) is 11.0 Å². The van der Waals surface area contributed by atoms with E-state index < -0.39 is 0 Å². The Hall–Kier alpha value is -1.56. The molecule has 3 unspecified atom stereocenters. The minimum absolute atomic E-state index is 0.463. The number of nitrogens with zero attached hydrogens (tertiary/aromatic N) is 2.